The Balaban J connectivity index is 1.72. The summed E-state index contributed by atoms with van der Waals surface area (Å²) >= 11 is 3.40. The average Bonchev–Trinajstić information content (AvgIpc) is 3.20. The van der Waals surface area contributed by atoms with Gasteiger partial charge in [0.1, 0.15) is 10.8 Å². The lowest BCUT2D eigenvalue weighted by molar-refractivity contribution is 0.528. The Morgan fingerprint density at radius 2 is 1.96 bits per heavy atom. The number of benzene rings is 1. The maximum absolute atomic E-state index is 4.74. The van der Waals surface area contributed by atoms with E-state index < -0.39 is 0 Å². The van der Waals surface area contributed by atoms with E-state index in [0.717, 1.165) is 33.9 Å². The van der Waals surface area contributed by atoms with E-state index in [1.165, 1.54) is 5.56 Å². The summed E-state index contributed by atoms with van der Waals surface area (Å²) in [6, 6.07) is 10.7. The van der Waals surface area contributed by atoms with Crippen molar-refractivity contribution in [3.05, 3.63) is 47.2 Å². The van der Waals surface area contributed by atoms with Crippen LogP contribution in [0.1, 0.15) is 38.3 Å². The SMILES string of the molecule is CCc1nnc(SCc2csc(-c3ccccc3)n2)n1C(C)C. The summed E-state index contributed by atoms with van der Waals surface area (Å²) in [5.74, 6) is 1.86. The molecule has 0 aliphatic rings. The highest BCUT2D eigenvalue weighted by molar-refractivity contribution is 7.98. The van der Waals surface area contributed by atoms with Gasteiger partial charge in [0, 0.05) is 29.2 Å². The molecule has 4 nitrogen and oxygen atoms in total. The normalized spacial score (nSPS) is 11.3. The summed E-state index contributed by atoms with van der Waals surface area (Å²) in [4.78, 5) is 4.74. The summed E-state index contributed by atoms with van der Waals surface area (Å²) in [5, 5.41) is 12.8. The fourth-order valence-electron chi connectivity index (χ4n) is 2.39. The van der Waals surface area contributed by atoms with Crippen LogP contribution in [0.5, 0.6) is 0 Å². The largest absolute Gasteiger partial charge is 0.303 e. The monoisotopic (exact) mass is 344 g/mol. The van der Waals surface area contributed by atoms with Crippen molar-refractivity contribution in [3.63, 3.8) is 0 Å². The maximum atomic E-state index is 4.74. The first-order valence-electron chi connectivity index (χ1n) is 7.75. The molecular weight excluding hydrogens is 324 g/mol. The van der Waals surface area contributed by atoms with Crippen LogP contribution in [-0.4, -0.2) is 19.7 Å². The molecule has 0 amide bonds. The molecule has 2 aromatic heterocycles. The second-order valence-corrected chi connectivity index (χ2v) is 7.32. The van der Waals surface area contributed by atoms with Crippen LogP contribution in [-0.2, 0) is 12.2 Å². The first-order valence-corrected chi connectivity index (χ1v) is 9.62. The quantitative estimate of drug-likeness (QED) is 0.600. The molecule has 2 heterocycles. The zero-order valence-corrected chi connectivity index (χ0v) is 15.2. The number of thioether (sulfide) groups is 1. The summed E-state index contributed by atoms with van der Waals surface area (Å²) in [6.07, 6.45) is 0.903. The first kappa shape index (κ1) is 16.2. The van der Waals surface area contributed by atoms with Crippen LogP contribution in [0, 0.1) is 0 Å². The van der Waals surface area contributed by atoms with E-state index in [-0.39, 0.29) is 0 Å². The third-order valence-corrected chi connectivity index (χ3v) is 5.41. The Morgan fingerprint density at radius 3 is 2.65 bits per heavy atom. The fraction of sp³-hybridized carbons (Fsp3) is 0.353. The number of nitrogens with zero attached hydrogens (tertiary/aromatic N) is 4. The average molecular weight is 345 g/mol. The minimum atomic E-state index is 0.373. The summed E-state index contributed by atoms with van der Waals surface area (Å²) in [6.45, 7) is 6.45. The van der Waals surface area contributed by atoms with Crippen molar-refractivity contribution < 1.29 is 0 Å². The third kappa shape index (κ3) is 3.64. The van der Waals surface area contributed by atoms with Crippen LogP contribution in [0.15, 0.2) is 40.9 Å². The van der Waals surface area contributed by atoms with Crippen molar-refractivity contribution in [3.8, 4) is 10.6 Å². The van der Waals surface area contributed by atoms with E-state index in [4.69, 9.17) is 4.98 Å². The van der Waals surface area contributed by atoms with Gasteiger partial charge in [-0.3, -0.25) is 0 Å². The van der Waals surface area contributed by atoms with Gasteiger partial charge >= 0.3 is 0 Å². The zero-order chi connectivity index (χ0) is 16.2. The van der Waals surface area contributed by atoms with E-state index in [9.17, 15) is 0 Å². The van der Waals surface area contributed by atoms with Gasteiger partial charge in [0.25, 0.3) is 0 Å². The molecule has 3 aromatic rings. The number of hydrogen-bond acceptors (Lipinski definition) is 5. The predicted octanol–water partition coefficient (Wildman–Crippen LogP) is 4.84. The van der Waals surface area contributed by atoms with Crippen molar-refractivity contribution in [2.45, 2.75) is 44.1 Å². The third-order valence-electron chi connectivity index (χ3n) is 3.49. The van der Waals surface area contributed by atoms with Gasteiger partial charge in [-0.1, -0.05) is 49.0 Å². The minimum Gasteiger partial charge on any atom is -0.303 e. The van der Waals surface area contributed by atoms with E-state index >= 15 is 0 Å². The van der Waals surface area contributed by atoms with E-state index in [0.29, 0.717) is 6.04 Å². The predicted molar refractivity (Wildman–Crippen MR) is 96.9 cm³/mol. The van der Waals surface area contributed by atoms with Gasteiger partial charge in [0.05, 0.1) is 5.69 Å². The second-order valence-electron chi connectivity index (χ2n) is 5.51. The van der Waals surface area contributed by atoms with Crippen molar-refractivity contribution in [1.82, 2.24) is 19.7 Å². The van der Waals surface area contributed by atoms with Crippen LogP contribution in [0.3, 0.4) is 0 Å². The summed E-state index contributed by atoms with van der Waals surface area (Å²) in [5.41, 5.74) is 2.27. The van der Waals surface area contributed by atoms with Crippen LogP contribution >= 0.6 is 23.1 Å². The zero-order valence-electron chi connectivity index (χ0n) is 13.6. The standard InChI is InChI=1S/C17H20N4S2/c1-4-15-19-20-17(21(15)12(2)3)23-11-14-10-22-16(18-14)13-8-6-5-7-9-13/h5-10,12H,4,11H2,1-3H3. The van der Waals surface area contributed by atoms with Crippen LogP contribution in [0.25, 0.3) is 10.6 Å². The molecule has 120 valence electrons. The van der Waals surface area contributed by atoms with Crippen molar-refractivity contribution in [2.24, 2.45) is 0 Å². The Bertz CT molecular complexity index is 762. The number of hydrogen-bond donors (Lipinski definition) is 0. The van der Waals surface area contributed by atoms with Crippen molar-refractivity contribution >= 4 is 23.1 Å². The van der Waals surface area contributed by atoms with Crippen LogP contribution in [0.4, 0.5) is 0 Å². The molecule has 0 unspecified atom stereocenters. The molecule has 0 aliphatic carbocycles. The molecule has 0 spiro atoms. The van der Waals surface area contributed by atoms with Gasteiger partial charge in [-0.15, -0.1) is 21.5 Å². The molecule has 0 N–H and O–H groups in total. The molecule has 0 saturated carbocycles. The van der Waals surface area contributed by atoms with Crippen LogP contribution in [0.2, 0.25) is 0 Å². The van der Waals surface area contributed by atoms with E-state index in [1.807, 2.05) is 18.2 Å². The lowest BCUT2D eigenvalue weighted by atomic mass is 10.2. The van der Waals surface area contributed by atoms with E-state index in [1.54, 1.807) is 23.1 Å². The maximum Gasteiger partial charge on any atom is 0.191 e. The second kappa shape index (κ2) is 7.27. The Labute approximate surface area is 145 Å². The van der Waals surface area contributed by atoms with Crippen molar-refractivity contribution in [2.75, 3.05) is 0 Å². The topological polar surface area (TPSA) is 43.6 Å². The number of rotatable bonds is 6. The summed E-state index contributed by atoms with van der Waals surface area (Å²) < 4.78 is 2.22. The molecule has 6 heteroatoms. The molecule has 1 aromatic carbocycles. The Morgan fingerprint density at radius 1 is 1.17 bits per heavy atom. The molecule has 0 radical (unpaired) electrons. The number of aromatic nitrogens is 4. The molecule has 0 aliphatic heterocycles. The molecule has 3 rings (SSSR count). The minimum absolute atomic E-state index is 0.373. The highest BCUT2D eigenvalue weighted by Gasteiger charge is 2.14. The van der Waals surface area contributed by atoms with Gasteiger partial charge in [-0.25, -0.2) is 4.98 Å². The van der Waals surface area contributed by atoms with Crippen LogP contribution < -0.4 is 0 Å². The molecule has 0 atom stereocenters. The summed E-state index contributed by atoms with van der Waals surface area (Å²) in [7, 11) is 0. The van der Waals surface area contributed by atoms with Crippen molar-refractivity contribution in [1.29, 1.82) is 0 Å². The molecule has 0 saturated heterocycles. The lowest BCUT2D eigenvalue weighted by Crippen LogP contribution is -2.07. The first-order chi connectivity index (χ1) is 11.2. The smallest absolute Gasteiger partial charge is 0.191 e. The van der Waals surface area contributed by atoms with Gasteiger partial charge in [0.15, 0.2) is 5.16 Å². The fourth-order valence-corrected chi connectivity index (χ4v) is 4.30. The van der Waals surface area contributed by atoms with E-state index in [2.05, 4.69) is 53.0 Å². The highest BCUT2D eigenvalue weighted by Crippen LogP contribution is 2.28. The Hall–Kier alpha value is -1.66. The number of thiazole rings is 1. The van der Waals surface area contributed by atoms with Gasteiger partial charge in [-0.2, -0.15) is 0 Å². The van der Waals surface area contributed by atoms with Gasteiger partial charge < -0.3 is 4.57 Å². The molecule has 23 heavy (non-hydrogen) atoms. The molecule has 0 fully saturated rings. The van der Waals surface area contributed by atoms with Gasteiger partial charge in [0.2, 0.25) is 0 Å². The lowest BCUT2D eigenvalue weighted by Gasteiger charge is -2.12. The Kier molecular flexibility index (Phi) is 5.13. The molecule has 0 bridgehead atoms. The van der Waals surface area contributed by atoms with Gasteiger partial charge in [-0.05, 0) is 13.8 Å². The highest BCUT2D eigenvalue weighted by atomic mass is 32.2. The number of aryl methyl sites for hydroxylation is 1. The molecular formula is C17H20N4S2.